The summed E-state index contributed by atoms with van der Waals surface area (Å²) in [5.74, 6) is 1.26. The summed E-state index contributed by atoms with van der Waals surface area (Å²) in [6.07, 6.45) is 2.00. The van der Waals surface area contributed by atoms with E-state index in [1.165, 1.54) is 0 Å². The highest BCUT2D eigenvalue weighted by molar-refractivity contribution is 5.89. The van der Waals surface area contributed by atoms with Gasteiger partial charge in [-0.05, 0) is 30.5 Å². The van der Waals surface area contributed by atoms with Crippen molar-refractivity contribution in [3.05, 3.63) is 23.8 Å². The Morgan fingerprint density at radius 3 is 2.59 bits per heavy atom. The lowest BCUT2D eigenvalue weighted by atomic mass is 10.1. The number of ether oxygens (including phenoxy) is 3. The zero-order valence-electron chi connectivity index (χ0n) is 16.3. The number of rotatable bonds is 7. The topological polar surface area (TPSA) is 68.3 Å². The maximum absolute atomic E-state index is 12.7. The van der Waals surface area contributed by atoms with E-state index in [0.717, 1.165) is 12.0 Å². The van der Waals surface area contributed by atoms with E-state index in [2.05, 4.69) is 0 Å². The Labute approximate surface area is 160 Å². The number of likely N-dealkylation sites (tertiary alicyclic amines) is 2. The molecule has 0 spiro atoms. The molecule has 2 aliphatic heterocycles. The van der Waals surface area contributed by atoms with E-state index >= 15 is 0 Å². The maximum Gasteiger partial charge on any atom is 0.228 e. The number of hydrogen-bond donors (Lipinski definition) is 0. The minimum Gasteiger partial charge on any atom is -0.493 e. The first-order valence-corrected chi connectivity index (χ1v) is 9.36. The van der Waals surface area contributed by atoms with Crippen molar-refractivity contribution in [2.75, 3.05) is 47.5 Å². The fourth-order valence-electron chi connectivity index (χ4n) is 3.83. The lowest BCUT2D eigenvalue weighted by Gasteiger charge is -2.21. The third-order valence-corrected chi connectivity index (χ3v) is 5.47. The van der Waals surface area contributed by atoms with Crippen LogP contribution in [0.25, 0.3) is 0 Å². The molecule has 2 heterocycles. The number of hydrogen-bond acceptors (Lipinski definition) is 5. The molecule has 27 heavy (non-hydrogen) atoms. The van der Waals surface area contributed by atoms with Crippen LogP contribution in [-0.2, 0) is 20.7 Å². The molecule has 1 aromatic carbocycles. The number of benzene rings is 1. The SMILES string of the molecule is COc1ccc(CCN2CC(C(=O)N3CCC(OC)C3)CC2=O)cc1OC. The van der Waals surface area contributed by atoms with E-state index in [-0.39, 0.29) is 23.8 Å². The second-order valence-electron chi connectivity index (χ2n) is 7.11. The molecule has 2 atom stereocenters. The molecule has 2 fully saturated rings. The third kappa shape index (κ3) is 4.35. The first-order valence-electron chi connectivity index (χ1n) is 9.36. The number of amides is 2. The van der Waals surface area contributed by atoms with Gasteiger partial charge in [-0.15, -0.1) is 0 Å². The highest BCUT2D eigenvalue weighted by Crippen LogP contribution is 2.28. The summed E-state index contributed by atoms with van der Waals surface area (Å²) in [4.78, 5) is 28.7. The average molecular weight is 376 g/mol. The monoisotopic (exact) mass is 376 g/mol. The smallest absolute Gasteiger partial charge is 0.228 e. The first-order chi connectivity index (χ1) is 13.0. The lowest BCUT2D eigenvalue weighted by molar-refractivity contribution is -0.135. The minimum atomic E-state index is -0.237. The molecule has 0 bridgehead atoms. The van der Waals surface area contributed by atoms with Gasteiger partial charge in [-0.2, -0.15) is 0 Å². The Hall–Kier alpha value is -2.28. The van der Waals surface area contributed by atoms with E-state index in [4.69, 9.17) is 14.2 Å². The van der Waals surface area contributed by atoms with Crippen molar-refractivity contribution in [3.63, 3.8) is 0 Å². The van der Waals surface area contributed by atoms with Crippen LogP contribution in [0.4, 0.5) is 0 Å². The molecule has 0 N–H and O–H groups in total. The zero-order valence-corrected chi connectivity index (χ0v) is 16.3. The molecule has 0 radical (unpaired) electrons. The van der Waals surface area contributed by atoms with Gasteiger partial charge in [0.05, 0.1) is 26.2 Å². The molecule has 0 aromatic heterocycles. The van der Waals surface area contributed by atoms with Gasteiger partial charge in [-0.1, -0.05) is 6.07 Å². The minimum absolute atomic E-state index is 0.0521. The Morgan fingerprint density at radius 1 is 1.15 bits per heavy atom. The van der Waals surface area contributed by atoms with E-state index in [1.54, 1.807) is 26.2 Å². The standard InChI is InChI=1S/C20H28N2O5/c1-25-16-7-9-22(13-16)20(24)15-11-19(23)21(12-15)8-6-14-4-5-17(26-2)18(10-14)27-3/h4-5,10,15-16H,6-9,11-13H2,1-3H3. The number of methoxy groups -OCH3 is 3. The van der Waals surface area contributed by atoms with Crippen molar-refractivity contribution < 1.29 is 23.8 Å². The predicted octanol–water partition coefficient (Wildman–Crippen LogP) is 1.34. The molecule has 7 nitrogen and oxygen atoms in total. The second kappa shape index (κ2) is 8.61. The van der Waals surface area contributed by atoms with E-state index in [1.807, 2.05) is 23.1 Å². The molecule has 1 aromatic rings. The van der Waals surface area contributed by atoms with Gasteiger partial charge < -0.3 is 24.0 Å². The summed E-state index contributed by atoms with van der Waals surface area (Å²) in [7, 11) is 4.88. The summed E-state index contributed by atoms with van der Waals surface area (Å²) < 4.78 is 15.9. The maximum atomic E-state index is 12.7. The van der Waals surface area contributed by atoms with Crippen LogP contribution in [0.5, 0.6) is 11.5 Å². The van der Waals surface area contributed by atoms with Crippen molar-refractivity contribution in [2.24, 2.45) is 5.92 Å². The van der Waals surface area contributed by atoms with Crippen LogP contribution in [-0.4, -0.2) is 75.2 Å². The molecular weight excluding hydrogens is 348 g/mol. The molecule has 7 heteroatoms. The Balaban J connectivity index is 1.54. The van der Waals surface area contributed by atoms with Gasteiger partial charge in [0.1, 0.15) is 0 Å². The van der Waals surface area contributed by atoms with Gasteiger partial charge in [0.25, 0.3) is 0 Å². The van der Waals surface area contributed by atoms with Crippen LogP contribution in [0.15, 0.2) is 18.2 Å². The summed E-state index contributed by atoms with van der Waals surface area (Å²) in [5, 5.41) is 0. The lowest BCUT2D eigenvalue weighted by Crippen LogP contribution is -2.36. The molecule has 3 rings (SSSR count). The van der Waals surface area contributed by atoms with Crippen LogP contribution in [0.3, 0.4) is 0 Å². The van der Waals surface area contributed by atoms with Gasteiger partial charge in [-0.3, -0.25) is 9.59 Å². The van der Waals surface area contributed by atoms with Gasteiger partial charge in [-0.25, -0.2) is 0 Å². The van der Waals surface area contributed by atoms with E-state index in [9.17, 15) is 9.59 Å². The Morgan fingerprint density at radius 2 is 1.93 bits per heavy atom. The van der Waals surface area contributed by atoms with Crippen LogP contribution in [0.1, 0.15) is 18.4 Å². The molecule has 2 amide bonds. The van der Waals surface area contributed by atoms with Crippen LogP contribution in [0.2, 0.25) is 0 Å². The summed E-state index contributed by atoms with van der Waals surface area (Å²) >= 11 is 0. The summed E-state index contributed by atoms with van der Waals surface area (Å²) in [6.45, 7) is 2.44. The highest BCUT2D eigenvalue weighted by atomic mass is 16.5. The van der Waals surface area contributed by atoms with Crippen molar-refractivity contribution in [3.8, 4) is 11.5 Å². The number of carbonyl (C=O) groups excluding carboxylic acids is 2. The Bertz CT molecular complexity index is 693. The molecule has 148 valence electrons. The van der Waals surface area contributed by atoms with Crippen LogP contribution < -0.4 is 9.47 Å². The first kappa shape index (κ1) is 19.5. The summed E-state index contributed by atoms with van der Waals surface area (Å²) in [5.41, 5.74) is 1.07. The quantitative estimate of drug-likeness (QED) is 0.718. The van der Waals surface area contributed by atoms with Gasteiger partial charge in [0, 0.05) is 39.7 Å². The van der Waals surface area contributed by atoms with Crippen molar-refractivity contribution >= 4 is 11.8 Å². The second-order valence-corrected chi connectivity index (χ2v) is 7.11. The molecule has 2 unspecified atom stereocenters. The largest absolute Gasteiger partial charge is 0.493 e. The molecule has 0 saturated carbocycles. The molecule has 2 aliphatic rings. The predicted molar refractivity (Wildman–Crippen MR) is 99.9 cm³/mol. The summed E-state index contributed by atoms with van der Waals surface area (Å²) in [6, 6.07) is 5.77. The highest BCUT2D eigenvalue weighted by Gasteiger charge is 2.38. The van der Waals surface area contributed by atoms with E-state index in [0.29, 0.717) is 50.5 Å². The van der Waals surface area contributed by atoms with Crippen molar-refractivity contribution in [1.82, 2.24) is 9.80 Å². The fraction of sp³-hybridized carbons (Fsp3) is 0.600. The van der Waals surface area contributed by atoms with Crippen molar-refractivity contribution in [2.45, 2.75) is 25.4 Å². The zero-order chi connectivity index (χ0) is 19.4. The number of nitrogens with zero attached hydrogens (tertiary/aromatic N) is 2. The molecular formula is C20H28N2O5. The van der Waals surface area contributed by atoms with E-state index < -0.39 is 0 Å². The van der Waals surface area contributed by atoms with Crippen LogP contribution >= 0.6 is 0 Å². The molecule has 2 saturated heterocycles. The number of carbonyl (C=O) groups is 2. The average Bonchev–Trinajstić information content (AvgIpc) is 3.32. The normalized spacial score (nSPS) is 22.4. The van der Waals surface area contributed by atoms with Crippen LogP contribution in [0, 0.1) is 5.92 Å². The van der Waals surface area contributed by atoms with Gasteiger partial charge >= 0.3 is 0 Å². The van der Waals surface area contributed by atoms with Crippen molar-refractivity contribution in [1.29, 1.82) is 0 Å². The van der Waals surface area contributed by atoms with Gasteiger partial charge in [0.2, 0.25) is 11.8 Å². The molecule has 0 aliphatic carbocycles. The third-order valence-electron chi connectivity index (χ3n) is 5.47. The van der Waals surface area contributed by atoms with Gasteiger partial charge in [0.15, 0.2) is 11.5 Å². The Kier molecular flexibility index (Phi) is 6.21. The fourth-order valence-corrected chi connectivity index (χ4v) is 3.83.